The molecule has 0 aliphatic carbocycles. The molecular weight excluding hydrogens is 248 g/mol. The average molecular weight is 266 g/mol. The fourth-order valence-electron chi connectivity index (χ4n) is 2.41. The van der Waals surface area contributed by atoms with Crippen LogP contribution >= 0.6 is 0 Å². The lowest BCUT2D eigenvalue weighted by Crippen LogP contribution is -2.49. The van der Waals surface area contributed by atoms with Crippen molar-refractivity contribution in [1.29, 1.82) is 0 Å². The first-order chi connectivity index (χ1) is 9.15. The molecule has 104 valence electrons. The molecular formula is C12H18N4O3. The quantitative estimate of drug-likeness (QED) is 0.643. The maximum Gasteiger partial charge on any atom is 0.287 e. The Labute approximate surface area is 111 Å². The molecule has 2 N–H and O–H groups in total. The van der Waals surface area contributed by atoms with Crippen LogP contribution in [0, 0.1) is 10.1 Å². The first-order valence-corrected chi connectivity index (χ1v) is 6.25. The van der Waals surface area contributed by atoms with Gasteiger partial charge in [0.05, 0.1) is 11.0 Å². The minimum absolute atomic E-state index is 0.000161. The van der Waals surface area contributed by atoms with Gasteiger partial charge in [-0.25, -0.2) is 4.98 Å². The highest BCUT2D eigenvalue weighted by molar-refractivity contribution is 5.44. The molecule has 7 nitrogen and oxygen atoms in total. The van der Waals surface area contributed by atoms with Crippen molar-refractivity contribution in [1.82, 2.24) is 4.98 Å². The lowest BCUT2D eigenvalue weighted by atomic mass is 9.99. The summed E-state index contributed by atoms with van der Waals surface area (Å²) in [6.45, 7) is 1.31. The molecule has 2 atom stereocenters. The maximum absolute atomic E-state index is 10.6. The maximum atomic E-state index is 10.6. The highest BCUT2D eigenvalue weighted by Crippen LogP contribution is 2.25. The van der Waals surface area contributed by atoms with Crippen LogP contribution in [-0.2, 0) is 4.74 Å². The minimum Gasteiger partial charge on any atom is -0.381 e. The van der Waals surface area contributed by atoms with Crippen molar-refractivity contribution in [3.8, 4) is 0 Å². The summed E-state index contributed by atoms with van der Waals surface area (Å²) in [7, 11) is 1.71. The van der Waals surface area contributed by atoms with Gasteiger partial charge in [0.1, 0.15) is 12.0 Å². The molecule has 0 bridgehead atoms. The zero-order valence-corrected chi connectivity index (χ0v) is 10.9. The highest BCUT2D eigenvalue weighted by atomic mass is 16.6. The van der Waals surface area contributed by atoms with Gasteiger partial charge in [-0.2, -0.15) is 0 Å². The second kappa shape index (κ2) is 5.94. The van der Waals surface area contributed by atoms with Crippen LogP contribution in [-0.4, -0.2) is 42.3 Å². The van der Waals surface area contributed by atoms with Crippen LogP contribution < -0.4 is 10.6 Å². The number of nitro groups is 1. The molecule has 1 aromatic rings. The molecule has 2 rings (SSSR count). The van der Waals surface area contributed by atoms with Gasteiger partial charge in [-0.15, -0.1) is 0 Å². The zero-order chi connectivity index (χ0) is 13.8. The first kappa shape index (κ1) is 13.7. The topological polar surface area (TPSA) is 94.5 Å². The Morgan fingerprint density at radius 1 is 1.63 bits per heavy atom. The lowest BCUT2D eigenvalue weighted by molar-refractivity contribution is -0.385. The van der Waals surface area contributed by atoms with Crippen LogP contribution in [0.4, 0.5) is 11.5 Å². The zero-order valence-electron chi connectivity index (χ0n) is 10.9. The number of rotatable bonds is 4. The van der Waals surface area contributed by atoms with E-state index in [1.165, 1.54) is 12.3 Å². The third-order valence-electron chi connectivity index (χ3n) is 3.51. The summed E-state index contributed by atoms with van der Waals surface area (Å²) < 4.78 is 5.37. The summed E-state index contributed by atoms with van der Waals surface area (Å²) in [6, 6.07) is 3.30. The third kappa shape index (κ3) is 2.99. The monoisotopic (exact) mass is 266 g/mol. The Balaban J connectivity index is 2.13. The smallest absolute Gasteiger partial charge is 0.287 e. The number of nitrogens with two attached hydrogens (primary N) is 1. The van der Waals surface area contributed by atoms with Gasteiger partial charge in [0.15, 0.2) is 0 Å². The molecule has 1 aliphatic heterocycles. The molecule has 2 unspecified atom stereocenters. The standard InChI is InChI=1S/C12H18N4O3/c1-19-11-4-5-15(10(6-11)7-13)12-3-2-9(8-14-12)16(17)18/h2-3,8,10-11H,4-7,13H2,1H3. The number of methoxy groups -OCH3 is 1. The van der Waals surface area contributed by atoms with Gasteiger partial charge < -0.3 is 15.4 Å². The van der Waals surface area contributed by atoms with Crippen LogP contribution in [0.25, 0.3) is 0 Å². The minimum atomic E-state index is -0.450. The first-order valence-electron chi connectivity index (χ1n) is 6.25. The van der Waals surface area contributed by atoms with Gasteiger partial charge in [0.25, 0.3) is 5.69 Å². The number of piperidine rings is 1. The van der Waals surface area contributed by atoms with Crippen LogP contribution in [0.1, 0.15) is 12.8 Å². The van der Waals surface area contributed by atoms with Crippen LogP contribution in [0.2, 0.25) is 0 Å². The van der Waals surface area contributed by atoms with Gasteiger partial charge in [-0.1, -0.05) is 0 Å². The van der Waals surface area contributed by atoms with E-state index in [0.29, 0.717) is 6.54 Å². The molecule has 19 heavy (non-hydrogen) atoms. The summed E-state index contributed by atoms with van der Waals surface area (Å²) in [5.41, 5.74) is 5.79. The van der Waals surface area contributed by atoms with E-state index in [1.54, 1.807) is 13.2 Å². The van der Waals surface area contributed by atoms with Crippen LogP contribution in [0.3, 0.4) is 0 Å². The average Bonchev–Trinajstić information content (AvgIpc) is 2.46. The van der Waals surface area contributed by atoms with Crippen molar-refractivity contribution in [2.24, 2.45) is 5.73 Å². The van der Waals surface area contributed by atoms with E-state index in [4.69, 9.17) is 10.5 Å². The van der Waals surface area contributed by atoms with E-state index in [-0.39, 0.29) is 17.8 Å². The van der Waals surface area contributed by atoms with Crippen molar-refractivity contribution in [3.05, 3.63) is 28.4 Å². The summed E-state index contributed by atoms with van der Waals surface area (Å²) >= 11 is 0. The van der Waals surface area contributed by atoms with E-state index in [1.807, 2.05) is 0 Å². The number of aromatic nitrogens is 1. The van der Waals surface area contributed by atoms with Gasteiger partial charge in [-0.3, -0.25) is 10.1 Å². The Hall–Kier alpha value is -1.73. The molecule has 7 heteroatoms. The predicted octanol–water partition coefficient (Wildman–Crippen LogP) is 0.932. The number of pyridine rings is 1. The molecule has 1 aromatic heterocycles. The fourth-order valence-corrected chi connectivity index (χ4v) is 2.41. The van der Waals surface area contributed by atoms with Gasteiger partial charge in [0.2, 0.25) is 0 Å². The molecule has 1 fully saturated rings. The van der Waals surface area contributed by atoms with Crippen molar-refractivity contribution in [2.45, 2.75) is 25.0 Å². The van der Waals surface area contributed by atoms with Crippen molar-refractivity contribution in [3.63, 3.8) is 0 Å². The number of nitrogens with zero attached hydrogens (tertiary/aromatic N) is 3. The molecule has 0 aromatic carbocycles. The second-order valence-corrected chi connectivity index (χ2v) is 4.60. The molecule has 0 spiro atoms. The molecule has 0 radical (unpaired) electrons. The Morgan fingerprint density at radius 3 is 2.95 bits per heavy atom. The fraction of sp³-hybridized carbons (Fsp3) is 0.583. The van der Waals surface area contributed by atoms with E-state index >= 15 is 0 Å². The number of ether oxygens (including phenoxy) is 1. The summed E-state index contributed by atoms with van der Waals surface area (Å²) in [5.74, 6) is 0.732. The molecule has 2 heterocycles. The predicted molar refractivity (Wildman–Crippen MR) is 71.1 cm³/mol. The van der Waals surface area contributed by atoms with Crippen molar-refractivity contribution < 1.29 is 9.66 Å². The lowest BCUT2D eigenvalue weighted by Gasteiger charge is -2.39. The Bertz CT molecular complexity index is 437. The van der Waals surface area contributed by atoms with Gasteiger partial charge in [0, 0.05) is 32.3 Å². The third-order valence-corrected chi connectivity index (χ3v) is 3.51. The number of hydrogen-bond donors (Lipinski definition) is 1. The largest absolute Gasteiger partial charge is 0.381 e. The normalized spacial score (nSPS) is 23.4. The highest BCUT2D eigenvalue weighted by Gasteiger charge is 2.28. The van der Waals surface area contributed by atoms with E-state index < -0.39 is 4.92 Å². The van der Waals surface area contributed by atoms with E-state index in [2.05, 4.69) is 9.88 Å². The summed E-state index contributed by atoms with van der Waals surface area (Å²) in [5, 5.41) is 10.6. The van der Waals surface area contributed by atoms with Crippen molar-refractivity contribution >= 4 is 11.5 Å². The molecule has 0 saturated carbocycles. The van der Waals surface area contributed by atoms with Crippen LogP contribution in [0.15, 0.2) is 18.3 Å². The van der Waals surface area contributed by atoms with E-state index in [0.717, 1.165) is 25.2 Å². The second-order valence-electron chi connectivity index (χ2n) is 4.60. The number of anilines is 1. The summed E-state index contributed by atoms with van der Waals surface area (Å²) in [4.78, 5) is 16.4. The molecule has 0 amide bonds. The van der Waals surface area contributed by atoms with Crippen LogP contribution in [0.5, 0.6) is 0 Å². The van der Waals surface area contributed by atoms with E-state index in [9.17, 15) is 10.1 Å². The molecule has 1 aliphatic rings. The molecule has 1 saturated heterocycles. The Kier molecular flexibility index (Phi) is 4.28. The number of hydrogen-bond acceptors (Lipinski definition) is 6. The summed E-state index contributed by atoms with van der Waals surface area (Å²) in [6.07, 6.45) is 3.27. The SMILES string of the molecule is COC1CCN(c2ccc([N+](=O)[O-])cn2)C(CN)C1. The van der Waals surface area contributed by atoms with Crippen molar-refractivity contribution in [2.75, 3.05) is 25.1 Å². The van der Waals surface area contributed by atoms with Gasteiger partial charge >= 0.3 is 0 Å². The Morgan fingerprint density at radius 2 is 2.42 bits per heavy atom. The van der Waals surface area contributed by atoms with Gasteiger partial charge in [-0.05, 0) is 18.9 Å².